The fourth-order valence-corrected chi connectivity index (χ4v) is 18.0. The molecular formula is C86H99BrN8O7P2Zn21. The topological polar surface area (TPSA) is 202 Å². The SMILES string of the molecule is CC1=NC(Cc2ccc[nH]2)C(C)(C)C1.Cc1ccc(-c2c3nc(c(-c4ccc(P(=O)(OC(C)(C)C)OC(C)(C)C)cc4)c4ccc(cc5nc(cc6ccc2[n-]6)C(C)(C)C5)[n-]4)C=C3)cc1.Cc1ccc(C(=O)c2ccc(C(c3ccc(P(=O)(OC(C)(C)C)OC(C)(C)C)cc3)c3ccc(Br)[nH]3)[nH]2)cc1.[Zn+2].[Zn].[Zn].[Zn].[Zn].[Zn].[Zn].[Zn].[Zn].[Zn].[Zn].[Zn].[Zn].[Zn].[Zn].[Zn].[Zn].[Zn].[Zn].[Zn].[Zn]. The minimum absolute atomic E-state index is 0. The van der Waals surface area contributed by atoms with Gasteiger partial charge in [-0.3, -0.25) is 42.0 Å². The number of aryl methyl sites for hydroxylation is 2. The Hall–Kier alpha value is 4.79. The first-order chi connectivity index (χ1) is 48.7. The molecule has 15 nitrogen and oxygen atoms in total. The van der Waals surface area contributed by atoms with E-state index >= 15 is 0 Å². The van der Waals surface area contributed by atoms with E-state index in [0.29, 0.717) is 33.3 Å². The van der Waals surface area contributed by atoms with Crippen molar-refractivity contribution in [3.8, 4) is 22.3 Å². The van der Waals surface area contributed by atoms with Crippen LogP contribution in [0.25, 0.3) is 56.5 Å². The van der Waals surface area contributed by atoms with Crippen LogP contribution in [0, 0.1) is 19.3 Å². The number of carbonyl (C=O) groups excluding carboxylic acids is 1. The first-order valence-corrected chi connectivity index (χ1v) is 39.5. The fraction of sp³-hybridized carbons (Fsp3) is 0.349. The molecule has 0 radical (unpaired) electrons. The summed E-state index contributed by atoms with van der Waals surface area (Å²) in [5, 5.41) is 0.980. The van der Waals surface area contributed by atoms with Gasteiger partial charge in [0.05, 0.1) is 66.7 Å². The van der Waals surface area contributed by atoms with Gasteiger partial charge in [-0.2, -0.15) is 0 Å². The number of ketones is 1. The number of hydrogen-bond donors (Lipinski definition) is 3. The second-order valence-electron chi connectivity index (χ2n) is 32.8. The van der Waals surface area contributed by atoms with Crippen LogP contribution in [0.1, 0.15) is 203 Å². The third-order valence-corrected chi connectivity index (χ3v) is 23.2. The van der Waals surface area contributed by atoms with Crippen LogP contribution in [-0.4, -0.2) is 64.9 Å². The molecule has 0 saturated carbocycles. The van der Waals surface area contributed by atoms with Crippen LogP contribution in [-0.2, 0) is 455 Å². The average molecular weight is 2870 g/mol. The maximum atomic E-state index is 14.4. The van der Waals surface area contributed by atoms with E-state index in [9.17, 15) is 13.9 Å². The molecule has 3 aliphatic heterocycles. The maximum absolute atomic E-state index is 14.4. The van der Waals surface area contributed by atoms with Crippen molar-refractivity contribution in [3.63, 3.8) is 0 Å². The molecule has 2 unspecified atom stereocenters. The molecule has 4 aromatic carbocycles. The summed E-state index contributed by atoms with van der Waals surface area (Å²) in [6, 6.07) is 55.8. The molecule has 0 saturated heterocycles. The summed E-state index contributed by atoms with van der Waals surface area (Å²) in [7, 11) is -7.30. The summed E-state index contributed by atoms with van der Waals surface area (Å²) < 4.78 is 53.5. The van der Waals surface area contributed by atoms with Gasteiger partial charge in [0, 0.05) is 454 Å². The molecule has 6 aromatic heterocycles. The maximum Gasteiger partial charge on any atom is 2.00 e. The van der Waals surface area contributed by atoms with E-state index in [1.165, 1.54) is 17.0 Å². The first-order valence-electron chi connectivity index (χ1n) is 35.6. The molecule has 9 heterocycles. The van der Waals surface area contributed by atoms with Crippen LogP contribution in [0.2, 0.25) is 0 Å². The van der Waals surface area contributed by atoms with Gasteiger partial charge in [-0.25, -0.2) is 4.98 Å². The molecule has 0 fully saturated rings. The number of aromatic amines is 3. The minimum Gasteiger partial charge on any atom is -0.657 e. The number of hydrogen-bond acceptors (Lipinski definition) is 10. The van der Waals surface area contributed by atoms with Crippen molar-refractivity contribution < 1.29 is 441 Å². The molecular weight excluding hydrogens is 2770 g/mol. The van der Waals surface area contributed by atoms with Crippen molar-refractivity contribution in [2.45, 2.75) is 191 Å². The Bertz CT molecular complexity index is 5110. The number of aliphatic imine (C=N–C) groups is 1. The van der Waals surface area contributed by atoms with E-state index < -0.39 is 37.6 Å². The summed E-state index contributed by atoms with van der Waals surface area (Å²) in [4.78, 5) is 48.4. The smallest absolute Gasteiger partial charge is 0.657 e. The van der Waals surface area contributed by atoms with Gasteiger partial charge in [0.1, 0.15) is 0 Å². The molecule has 3 N–H and O–H groups in total. The largest absolute Gasteiger partial charge is 2.00 e. The van der Waals surface area contributed by atoms with E-state index in [0.717, 1.165) is 113 Å². The van der Waals surface area contributed by atoms with Gasteiger partial charge in [-0.1, -0.05) is 148 Å². The molecule has 125 heavy (non-hydrogen) atoms. The average Bonchev–Trinajstić information content (AvgIpc) is 1.65. The molecule has 0 amide bonds. The van der Waals surface area contributed by atoms with Gasteiger partial charge in [0.15, 0.2) is 0 Å². The van der Waals surface area contributed by atoms with E-state index in [1.807, 2.05) is 205 Å². The third kappa shape index (κ3) is 43.3. The van der Waals surface area contributed by atoms with Crippen molar-refractivity contribution in [1.29, 1.82) is 0 Å². The van der Waals surface area contributed by atoms with Crippen LogP contribution in [0.15, 0.2) is 186 Å². The Balaban J connectivity index is -0.000000177. The van der Waals surface area contributed by atoms with E-state index in [-0.39, 0.29) is 426 Å². The quantitative estimate of drug-likeness (QED) is 0.0501. The molecule has 0 aliphatic carbocycles. The number of benzene rings is 4. The Morgan fingerprint density at radius 2 is 0.888 bits per heavy atom. The zero-order valence-corrected chi connectivity index (χ0v) is 144. The van der Waals surface area contributed by atoms with E-state index in [1.54, 1.807) is 12.1 Å². The van der Waals surface area contributed by atoms with Gasteiger partial charge < -0.3 is 24.9 Å². The monoisotopic (exact) mass is 2840 g/mol. The predicted octanol–water partition coefficient (Wildman–Crippen LogP) is 21.4. The minimum atomic E-state index is -3.68. The van der Waals surface area contributed by atoms with Gasteiger partial charge >= 0.3 is 34.7 Å². The van der Waals surface area contributed by atoms with Crippen molar-refractivity contribution in [2.75, 3.05) is 0 Å². The number of H-pyrrole nitrogens is 3. The zero-order chi connectivity index (χ0) is 75.1. The fourth-order valence-electron chi connectivity index (χ4n) is 13.2. The molecule has 3 aliphatic rings. The molecule has 2 atom stereocenters. The molecule has 13 rings (SSSR count). The standard InChI is InChI=1S/C43H45N4O3P.C31H36BrN2O4P.C12H18N2.21Zn/c1-27-10-12-28(13-11-27)39-35-21-17-31(45-35)25-38-43(8,9)26-32(46-38)24-30-16-20-34(44-30)40(37-23-22-36(39)47-37)29-14-18-33(19-15-29)51(48,49-41(2,3)4)50-42(5,6)7;1-20-8-10-22(11-9-20)29(35)26-17-16-24(33-26)28(25-18-19-27(32)34-25)21-12-14-23(15-13-21)39(36,37-30(2,3)4)38-31(5,6)7;1-9-8-12(2,3)11(14-9)7-10-5-4-6-13-10;;;;;;;;;;;;;;;;;;;;;/h10-25H,26H2,1-9H3;8-19,28,33-34H,1-7H3;4-6,11,13H,7-8H2,1-3H3;;;;;;;;;;;;;;;;;;;;;/q-2;;;;;;;;;;;;;;;;;;;;;;;+2. The van der Waals surface area contributed by atoms with E-state index in [2.05, 4.69) is 133 Å². The first kappa shape index (κ1) is 153. The summed E-state index contributed by atoms with van der Waals surface area (Å²) in [6.07, 6.45) is 9.05. The summed E-state index contributed by atoms with van der Waals surface area (Å²) in [5.41, 5.74) is 16.9. The Morgan fingerprint density at radius 3 is 1.28 bits per heavy atom. The van der Waals surface area contributed by atoms with Gasteiger partial charge in [-0.15, -0.1) is 22.1 Å². The number of halogens is 1. The van der Waals surface area contributed by atoms with Crippen molar-refractivity contribution >= 4 is 87.4 Å². The van der Waals surface area contributed by atoms with Crippen molar-refractivity contribution in [2.24, 2.45) is 10.4 Å². The number of nitrogens with one attached hydrogen (secondary N) is 3. The number of rotatable bonds is 15. The van der Waals surface area contributed by atoms with Crippen LogP contribution in [0.4, 0.5) is 0 Å². The van der Waals surface area contributed by atoms with Gasteiger partial charge in [-0.05, 0) is 232 Å². The second kappa shape index (κ2) is 65.1. The number of nitrogens with zero attached hydrogens (tertiary/aromatic N) is 5. The molecule has 10 aromatic rings. The van der Waals surface area contributed by atoms with E-state index in [4.69, 9.17) is 43.0 Å². The predicted molar refractivity (Wildman–Crippen MR) is 429 cm³/mol. The zero-order valence-electron chi connectivity index (χ0n) is 78.4. The summed E-state index contributed by atoms with van der Waals surface area (Å²) in [6.45, 7) is 37.7. The second-order valence-corrected chi connectivity index (χ2v) is 37.4. The van der Waals surface area contributed by atoms with Crippen LogP contribution >= 0.6 is 31.1 Å². The number of aromatic nitrogens is 7. The molecule has 8 bridgehead atoms. The Morgan fingerprint density at radius 1 is 0.488 bits per heavy atom. The van der Waals surface area contributed by atoms with Crippen molar-refractivity contribution in [1.82, 2.24) is 34.9 Å². The Kier molecular flexibility index (Phi) is 79.4. The molecule has 39 heteroatoms. The third-order valence-electron chi connectivity index (χ3n) is 17.7. The van der Waals surface area contributed by atoms with Crippen LogP contribution in [0.3, 0.4) is 0 Å². The molecule has 0 spiro atoms. The van der Waals surface area contributed by atoms with Crippen LogP contribution in [0.5, 0.6) is 0 Å². The summed E-state index contributed by atoms with van der Waals surface area (Å²) in [5.74, 6) is -0.293. The number of carbonyl (C=O) groups is 1. The number of fused-ring (bicyclic) bond motifs is 8. The normalized spacial score (nSPS) is 13.0. The van der Waals surface area contributed by atoms with Gasteiger partial charge in [0.2, 0.25) is 5.78 Å². The summed E-state index contributed by atoms with van der Waals surface area (Å²) >= 11 is 3.51. The van der Waals surface area contributed by atoms with Gasteiger partial charge in [0.25, 0.3) is 0 Å². The Labute approximate surface area is 1020 Å². The van der Waals surface area contributed by atoms with Crippen molar-refractivity contribution in [3.05, 3.63) is 248 Å². The van der Waals surface area contributed by atoms with Crippen LogP contribution < -0.4 is 20.6 Å². The molecule has 584 valence electrons.